The molecule has 1 aliphatic heterocycles. The largest absolute Gasteiger partial charge is 0.376 e. The van der Waals surface area contributed by atoms with Gasteiger partial charge in [-0.2, -0.15) is 0 Å². The van der Waals surface area contributed by atoms with Gasteiger partial charge < -0.3 is 15.5 Å². The second-order valence-corrected chi connectivity index (χ2v) is 7.49. The second kappa shape index (κ2) is 8.45. The van der Waals surface area contributed by atoms with Crippen LogP contribution in [0.3, 0.4) is 0 Å². The number of anilines is 3. The molecule has 0 bridgehead atoms. The van der Waals surface area contributed by atoms with Gasteiger partial charge in [-0.05, 0) is 67.6 Å². The molecule has 5 heteroatoms. The van der Waals surface area contributed by atoms with E-state index < -0.39 is 0 Å². The number of benzene rings is 2. The van der Waals surface area contributed by atoms with Gasteiger partial charge in [-0.1, -0.05) is 24.6 Å². The first kappa shape index (κ1) is 18.6. The summed E-state index contributed by atoms with van der Waals surface area (Å²) in [7, 11) is 0. The van der Waals surface area contributed by atoms with Crippen LogP contribution in [0.25, 0.3) is 0 Å². The van der Waals surface area contributed by atoms with E-state index in [4.69, 9.17) is 11.6 Å². The van der Waals surface area contributed by atoms with Gasteiger partial charge in [-0.25, -0.2) is 0 Å². The van der Waals surface area contributed by atoms with E-state index >= 15 is 0 Å². The van der Waals surface area contributed by atoms with E-state index in [2.05, 4.69) is 34.6 Å². The highest BCUT2D eigenvalue weighted by atomic mass is 35.5. The molecule has 3 rings (SSSR count). The molecule has 2 aromatic rings. The van der Waals surface area contributed by atoms with Crippen LogP contribution in [-0.2, 0) is 4.79 Å². The molecule has 1 saturated heterocycles. The van der Waals surface area contributed by atoms with Gasteiger partial charge in [0.2, 0.25) is 5.91 Å². The zero-order valence-electron chi connectivity index (χ0n) is 15.4. The highest BCUT2D eigenvalue weighted by Crippen LogP contribution is 2.24. The van der Waals surface area contributed by atoms with Gasteiger partial charge in [0.05, 0.1) is 6.54 Å². The van der Waals surface area contributed by atoms with Crippen LogP contribution in [0.1, 0.15) is 25.3 Å². The van der Waals surface area contributed by atoms with E-state index in [1.54, 1.807) is 0 Å². The summed E-state index contributed by atoms with van der Waals surface area (Å²) in [6.45, 7) is 6.68. The predicted molar refractivity (Wildman–Crippen MR) is 110 cm³/mol. The summed E-state index contributed by atoms with van der Waals surface area (Å²) in [6, 6.07) is 13.8. The van der Waals surface area contributed by atoms with Crippen LogP contribution in [0, 0.1) is 12.8 Å². The molecular weight excluding hydrogens is 346 g/mol. The lowest BCUT2D eigenvalue weighted by molar-refractivity contribution is -0.114. The molecule has 0 atom stereocenters. The van der Waals surface area contributed by atoms with Crippen LogP contribution in [0.5, 0.6) is 0 Å². The minimum Gasteiger partial charge on any atom is -0.376 e. The predicted octanol–water partition coefficient (Wildman–Crippen LogP) is 4.94. The Kier molecular flexibility index (Phi) is 6.04. The fourth-order valence-corrected chi connectivity index (χ4v) is 3.29. The number of hydrogen-bond donors (Lipinski definition) is 2. The summed E-state index contributed by atoms with van der Waals surface area (Å²) < 4.78 is 0. The van der Waals surface area contributed by atoms with Gasteiger partial charge in [-0.15, -0.1) is 0 Å². The maximum absolute atomic E-state index is 12.1. The number of rotatable bonds is 5. The third-order valence-corrected chi connectivity index (χ3v) is 5.33. The molecule has 0 spiro atoms. The number of nitrogens with one attached hydrogen (secondary N) is 2. The SMILES string of the molecule is Cc1ccc(NCC(=O)Nc2ccc(N3CCC(C)CC3)cc2)cc1Cl. The first-order chi connectivity index (χ1) is 12.5. The van der Waals surface area contributed by atoms with Gasteiger partial charge in [0.25, 0.3) is 0 Å². The molecule has 1 aliphatic rings. The highest BCUT2D eigenvalue weighted by molar-refractivity contribution is 6.31. The normalized spacial score (nSPS) is 15.0. The lowest BCUT2D eigenvalue weighted by Gasteiger charge is -2.32. The van der Waals surface area contributed by atoms with E-state index in [1.807, 2.05) is 37.3 Å². The Morgan fingerprint density at radius 3 is 2.42 bits per heavy atom. The average Bonchev–Trinajstić information content (AvgIpc) is 2.64. The van der Waals surface area contributed by atoms with Crippen LogP contribution < -0.4 is 15.5 Å². The summed E-state index contributed by atoms with van der Waals surface area (Å²) in [5, 5.41) is 6.71. The monoisotopic (exact) mass is 371 g/mol. The van der Waals surface area contributed by atoms with Gasteiger partial charge in [0, 0.05) is 35.2 Å². The Morgan fingerprint density at radius 1 is 1.12 bits per heavy atom. The molecule has 2 N–H and O–H groups in total. The summed E-state index contributed by atoms with van der Waals surface area (Å²) in [4.78, 5) is 14.6. The number of carbonyl (C=O) groups excluding carboxylic acids is 1. The van der Waals surface area contributed by atoms with Crippen LogP contribution in [0.2, 0.25) is 5.02 Å². The molecule has 1 heterocycles. The molecular formula is C21H26ClN3O. The van der Waals surface area contributed by atoms with Gasteiger partial charge in [0.1, 0.15) is 0 Å². The van der Waals surface area contributed by atoms with E-state index in [0.29, 0.717) is 5.02 Å². The number of piperidine rings is 1. The number of hydrogen-bond acceptors (Lipinski definition) is 3. The number of halogens is 1. The topological polar surface area (TPSA) is 44.4 Å². The zero-order chi connectivity index (χ0) is 18.5. The van der Waals surface area contributed by atoms with Crippen molar-refractivity contribution in [1.29, 1.82) is 0 Å². The van der Waals surface area contributed by atoms with Gasteiger partial charge in [-0.3, -0.25) is 4.79 Å². The van der Waals surface area contributed by atoms with Crippen molar-refractivity contribution < 1.29 is 4.79 Å². The molecule has 1 fully saturated rings. The van der Waals surface area contributed by atoms with Crippen molar-refractivity contribution in [3.63, 3.8) is 0 Å². The maximum Gasteiger partial charge on any atom is 0.243 e. The second-order valence-electron chi connectivity index (χ2n) is 7.08. The number of aryl methyl sites for hydroxylation is 1. The molecule has 0 unspecified atom stereocenters. The van der Waals surface area contributed by atoms with E-state index in [-0.39, 0.29) is 12.5 Å². The fourth-order valence-electron chi connectivity index (χ4n) is 3.11. The molecule has 0 saturated carbocycles. The van der Waals surface area contributed by atoms with Crippen molar-refractivity contribution in [2.75, 3.05) is 35.2 Å². The molecule has 138 valence electrons. The molecule has 4 nitrogen and oxygen atoms in total. The van der Waals surface area contributed by atoms with Crippen molar-refractivity contribution in [3.05, 3.63) is 53.1 Å². The minimum absolute atomic E-state index is 0.0822. The number of carbonyl (C=O) groups is 1. The Labute approximate surface area is 160 Å². The molecule has 0 aliphatic carbocycles. The third-order valence-electron chi connectivity index (χ3n) is 4.92. The van der Waals surface area contributed by atoms with Gasteiger partial charge in [0.15, 0.2) is 0 Å². The van der Waals surface area contributed by atoms with Crippen LogP contribution in [0.15, 0.2) is 42.5 Å². The highest BCUT2D eigenvalue weighted by Gasteiger charge is 2.15. The van der Waals surface area contributed by atoms with Crippen molar-refractivity contribution in [2.24, 2.45) is 5.92 Å². The Morgan fingerprint density at radius 2 is 1.77 bits per heavy atom. The Balaban J connectivity index is 1.50. The van der Waals surface area contributed by atoms with Gasteiger partial charge >= 0.3 is 0 Å². The maximum atomic E-state index is 12.1. The summed E-state index contributed by atoms with van der Waals surface area (Å²) in [5.74, 6) is 0.738. The lowest BCUT2D eigenvalue weighted by atomic mass is 9.99. The standard InChI is InChI=1S/C21H26ClN3O/c1-15-9-11-25(12-10-15)19-7-5-17(6-8-19)24-21(26)14-23-18-4-3-16(2)20(22)13-18/h3-8,13,15,23H,9-12,14H2,1-2H3,(H,24,26). The van der Waals surface area contributed by atoms with Crippen molar-refractivity contribution in [2.45, 2.75) is 26.7 Å². The quantitative estimate of drug-likeness (QED) is 0.782. The summed E-state index contributed by atoms with van der Waals surface area (Å²) >= 11 is 6.10. The Hall–Kier alpha value is -2.20. The Bertz CT molecular complexity index is 752. The van der Waals surface area contributed by atoms with E-state index in [1.165, 1.54) is 18.5 Å². The fraction of sp³-hybridized carbons (Fsp3) is 0.381. The van der Waals surface area contributed by atoms with Crippen molar-refractivity contribution >= 4 is 34.6 Å². The lowest BCUT2D eigenvalue weighted by Crippen LogP contribution is -2.32. The van der Waals surface area contributed by atoms with Crippen LogP contribution in [-0.4, -0.2) is 25.5 Å². The first-order valence-electron chi connectivity index (χ1n) is 9.16. The molecule has 0 aromatic heterocycles. The number of amides is 1. The third kappa shape index (κ3) is 4.92. The zero-order valence-corrected chi connectivity index (χ0v) is 16.1. The van der Waals surface area contributed by atoms with Crippen molar-refractivity contribution in [1.82, 2.24) is 0 Å². The van der Waals surface area contributed by atoms with Crippen LogP contribution in [0.4, 0.5) is 17.1 Å². The molecule has 2 aromatic carbocycles. The summed E-state index contributed by atoms with van der Waals surface area (Å²) in [6.07, 6.45) is 2.49. The molecule has 26 heavy (non-hydrogen) atoms. The smallest absolute Gasteiger partial charge is 0.243 e. The number of nitrogens with zero attached hydrogens (tertiary/aromatic N) is 1. The first-order valence-corrected chi connectivity index (χ1v) is 9.54. The van der Waals surface area contributed by atoms with Crippen molar-refractivity contribution in [3.8, 4) is 0 Å². The molecule has 1 amide bonds. The van der Waals surface area contributed by atoms with E-state index in [9.17, 15) is 4.79 Å². The van der Waals surface area contributed by atoms with Crippen LogP contribution >= 0.6 is 11.6 Å². The minimum atomic E-state index is -0.0822. The summed E-state index contributed by atoms with van der Waals surface area (Å²) in [5.41, 5.74) is 3.89. The van der Waals surface area contributed by atoms with E-state index in [0.717, 1.165) is 35.9 Å². The average molecular weight is 372 g/mol. The molecule has 0 radical (unpaired) electrons.